The molecular weight excluding hydrogens is 342 g/mol. The van der Waals surface area contributed by atoms with Gasteiger partial charge in [-0.05, 0) is 61.4 Å². The average molecular weight is 359 g/mol. The molecule has 0 heterocycles. The molecule has 0 aromatic heterocycles. The number of carbonyl (C=O) groups is 1. The molecule has 25 heavy (non-hydrogen) atoms. The first-order valence-corrected chi connectivity index (χ1v) is 8.82. The van der Waals surface area contributed by atoms with Gasteiger partial charge in [-0.3, -0.25) is 4.79 Å². The number of nitrogens with zero attached hydrogens (tertiary/aromatic N) is 1. The number of ether oxygens (including phenoxy) is 1. The predicted octanol–water partition coefficient (Wildman–Crippen LogP) is 1.84. The van der Waals surface area contributed by atoms with Crippen molar-refractivity contribution >= 4 is 21.6 Å². The van der Waals surface area contributed by atoms with Crippen molar-refractivity contribution in [1.29, 1.82) is 5.26 Å². The Morgan fingerprint density at radius 1 is 1.24 bits per heavy atom. The molecule has 0 aliphatic heterocycles. The number of aryl methyl sites for hydroxylation is 1. The van der Waals surface area contributed by atoms with Crippen molar-refractivity contribution < 1.29 is 17.9 Å². The van der Waals surface area contributed by atoms with Crippen LogP contribution in [0, 0.1) is 25.2 Å². The number of anilines is 1. The Balaban J connectivity index is 2.09. The van der Waals surface area contributed by atoms with E-state index in [2.05, 4.69) is 5.32 Å². The van der Waals surface area contributed by atoms with Crippen molar-refractivity contribution in [2.75, 3.05) is 11.9 Å². The minimum atomic E-state index is -3.87. The van der Waals surface area contributed by atoms with Crippen LogP contribution in [-0.2, 0) is 14.8 Å². The van der Waals surface area contributed by atoms with Crippen molar-refractivity contribution in [2.24, 2.45) is 5.14 Å². The molecule has 0 saturated heterocycles. The van der Waals surface area contributed by atoms with Gasteiger partial charge in [0.05, 0.1) is 16.5 Å². The van der Waals surface area contributed by atoms with Gasteiger partial charge in [0.25, 0.3) is 5.91 Å². The van der Waals surface area contributed by atoms with Gasteiger partial charge in [0.15, 0.2) is 6.61 Å². The molecule has 0 aliphatic carbocycles. The van der Waals surface area contributed by atoms with E-state index in [4.69, 9.17) is 15.1 Å². The highest BCUT2D eigenvalue weighted by molar-refractivity contribution is 7.89. The zero-order chi connectivity index (χ0) is 18.6. The van der Waals surface area contributed by atoms with Crippen molar-refractivity contribution in [3.05, 3.63) is 53.1 Å². The average Bonchev–Trinajstić information content (AvgIpc) is 2.56. The summed E-state index contributed by atoms with van der Waals surface area (Å²) in [4.78, 5) is 12.0. The largest absolute Gasteiger partial charge is 0.484 e. The van der Waals surface area contributed by atoms with E-state index < -0.39 is 15.9 Å². The number of hydrogen-bond acceptors (Lipinski definition) is 5. The fourth-order valence-electron chi connectivity index (χ4n) is 2.08. The highest BCUT2D eigenvalue weighted by Gasteiger charge is 2.14. The first-order valence-electron chi connectivity index (χ1n) is 7.27. The number of carbonyl (C=O) groups excluding carboxylic acids is 1. The minimum Gasteiger partial charge on any atom is -0.484 e. The first-order chi connectivity index (χ1) is 11.7. The van der Waals surface area contributed by atoms with Crippen molar-refractivity contribution in [3.8, 4) is 11.8 Å². The topological polar surface area (TPSA) is 122 Å². The number of benzene rings is 2. The van der Waals surface area contributed by atoms with Gasteiger partial charge < -0.3 is 10.1 Å². The highest BCUT2D eigenvalue weighted by Crippen LogP contribution is 2.23. The minimum absolute atomic E-state index is 0.0705. The maximum absolute atomic E-state index is 12.1. The van der Waals surface area contributed by atoms with Crippen LogP contribution in [-0.4, -0.2) is 20.9 Å². The quantitative estimate of drug-likeness (QED) is 0.843. The molecule has 2 aromatic carbocycles. The molecule has 8 heteroatoms. The molecule has 7 nitrogen and oxygen atoms in total. The molecule has 0 spiro atoms. The second-order valence-electron chi connectivity index (χ2n) is 5.43. The number of amides is 1. The first kappa shape index (κ1) is 18.4. The third-order valence-electron chi connectivity index (χ3n) is 3.60. The van der Waals surface area contributed by atoms with E-state index in [0.717, 1.165) is 5.56 Å². The lowest BCUT2D eigenvalue weighted by molar-refractivity contribution is -0.118. The summed E-state index contributed by atoms with van der Waals surface area (Å²) in [6.07, 6.45) is 0. The molecule has 2 rings (SSSR count). The van der Waals surface area contributed by atoms with Gasteiger partial charge in [-0.15, -0.1) is 0 Å². The number of rotatable bonds is 5. The third-order valence-corrected chi connectivity index (χ3v) is 4.49. The van der Waals surface area contributed by atoms with Crippen molar-refractivity contribution in [2.45, 2.75) is 18.7 Å². The van der Waals surface area contributed by atoms with Gasteiger partial charge in [0.1, 0.15) is 5.75 Å². The van der Waals surface area contributed by atoms with Crippen LogP contribution >= 0.6 is 0 Å². The summed E-state index contributed by atoms with van der Waals surface area (Å²) in [5.41, 5.74) is 2.27. The molecule has 0 unspecified atom stereocenters. The Morgan fingerprint density at radius 3 is 2.44 bits per heavy atom. The van der Waals surface area contributed by atoms with Crippen LogP contribution in [0.15, 0.2) is 41.3 Å². The Labute approximate surface area is 146 Å². The smallest absolute Gasteiger partial charge is 0.262 e. The van der Waals surface area contributed by atoms with Crippen LogP contribution in [0.3, 0.4) is 0 Å². The molecular formula is C17H17N3O4S. The Kier molecular flexibility index (Phi) is 5.41. The Hall–Kier alpha value is -2.89. The zero-order valence-electron chi connectivity index (χ0n) is 13.7. The zero-order valence-corrected chi connectivity index (χ0v) is 14.6. The molecule has 0 saturated carbocycles. The van der Waals surface area contributed by atoms with Crippen LogP contribution in [0.5, 0.6) is 5.75 Å². The molecule has 130 valence electrons. The maximum Gasteiger partial charge on any atom is 0.262 e. The summed E-state index contributed by atoms with van der Waals surface area (Å²) in [5, 5.41) is 16.5. The maximum atomic E-state index is 12.1. The highest BCUT2D eigenvalue weighted by atomic mass is 32.2. The summed E-state index contributed by atoms with van der Waals surface area (Å²) < 4.78 is 28.4. The second-order valence-corrected chi connectivity index (χ2v) is 6.99. The number of nitrogens with one attached hydrogen (secondary N) is 1. The van der Waals surface area contributed by atoms with Gasteiger partial charge >= 0.3 is 0 Å². The lowest BCUT2D eigenvalue weighted by atomic mass is 10.1. The molecule has 3 N–H and O–H groups in total. The van der Waals surface area contributed by atoms with Crippen LogP contribution in [0.4, 0.5) is 5.69 Å². The van der Waals surface area contributed by atoms with Crippen LogP contribution in [0.1, 0.15) is 16.7 Å². The molecule has 0 aliphatic rings. The lowest BCUT2D eigenvalue weighted by Gasteiger charge is -2.13. The molecule has 2 aromatic rings. The number of nitriles is 1. The predicted molar refractivity (Wildman–Crippen MR) is 92.6 cm³/mol. The van der Waals surface area contributed by atoms with E-state index in [1.165, 1.54) is 12.1 Å². The van der Waals surface area contributed by atoms with Gasteiger partial charge in [-0.25, -0.2) is 13.6 Å². The van der Waals surface area contributed by atoms with Gasteiger partial charge in [0.2, 0.25) is 10.0 Å². The van der Waals surface area contributed by atoms with Crippen molar-refractivity contribution in [3.63, 3.8) is 0 Å². The van der Waals surface area contributed by atoms with Crippen LogP contribution < -0.4 is 15.2 Å². The fraction of sp³-hybridized carbons (Fsp3) is 0.176. The van der Waals surface area contributed by atoms with E-state index in [1.807, 2.05) is 6.07 Å². The van der Waals surface area contributed by atoms with Crippen LogP contribution in [0.25, 0.3) is 0 Å². The SMILES string of the molecule is Cc1cc(S(N)(=O)=O)cc(NC(=O)COc2ccc(C#N)cc2)c1C. The molecule has 0 bridgehead atoms. The van der Waals surface area contributed by atoms with Crippen molar-refractivity contribution in [1.82, 2.24) is 0 Å². The number of primary sulfonamides is 1. The summed E-state index contributed by atoms with van der Waals surface area (Å²) >= 11 is 0. The van der Waals surface area contributed by atoms with E-state index >= 15 is 0 Å². The Morgan fingerprint density at radius 2 is 1.88 bits per heavy atom. The number of nitrogens with two attached hydrogens (primary N) is 1. The summed E-state index contributed by atoms with van der Waals surface area (Å²) in [5.74, 6) is -0.00114. The van der Waals surface area contributed by atoms with E-state index in [0.29, 0.717) is 22.6 Å². The lowest BCUT2D eigenvalue weighted by Crippen LogP contribution is -2.21. The fourth-order valence-corrected chi connectivity index (χ4v) is 2.70. The number of hydrogen-bond donors (Lipinski definition) is 2. The molecule has 1 amide bonds. The van der Waals surface area contributed by atoms with E-state index in [1.54, 1.807) is 38.1 Å². The Bertz CT molecular complexity index is 945. The normalized spacial score (nSPS) is 10.8. The van der Waals surface area contributed by atoms with Gasteiger partial charge in [-0.2, -0.15) is 5.26 Å². The second kappa shape index (κ2) is 7.34. The molecule has 0 radical (unpaired) electrons. The van der Waals surface area contributed by atoms with Crippen LogP contribution in [0.2, 0.25) is 0 Å². The summed E-state index contributed by atoms with van der Waals surface area (Å²) in [6.45, 7) is 3.23. The van der Waals surface area contributed by atoms with Gasteiger partial charge in [-0.1, -0.05) is 0 Å². The monoisotopic (exact) mass is 359 g/mol. The van der Waals surface area contributed by atoms with E-state index in [9.17, 15) is 13.2 Å². The molecule has 0 atom stereocenters. The van der Waals surface area contributed by atoms with Gasteiger partial charge in [0, 0.05) is 5.69 Å². The summed E-state index contributed by atoms with van der Waals surface area (Å²) in [7, 11) is -3.87. The van der Waals surface area contributed by atoms with E-state index in [-0.39, 0.29) is 11.5 Å². The standard InChI is InChI=1S/C17H17N3O4S/c1-11-7-15(25(19,22)23)8-16(12(11)2)20-17(21)10-24-14-5-3-13(9-18)4-6-14/h3-8H,10H2,1-2H3,(H,20,21)(H2,19,22,23). The third kappa shape index (κ3) is 4.79. The number of sulfonamides is 1. The molecule has 0 fully saturated rings. The summed E-state index contributed by atoms with van der Waals surface area (Å²) in [6, 6.07) is 11.1.